The average Bonchev–Trinajstić information content (AvgIpc) is 1.61. The molecule has 0 aliphatic carbocycles. The van der Waals surface area contributed by atoms with Gasteiger partial charge in [0.25, 0.3) is 0 Å². The highest BCUT2D eigenvalue weighted by atomic mass is 31.0. The Morgan fingerprint density at radius 2 is 2.12 bits per heavy atom. The molecule has 8 heavy (non-hydrogen) atoms. The highest BCUT2D eigenvalue weighted by Crippen LogP contribution is 2.13. The third-order valence-corrected chi connectivity index (χ3v) is 1.33. The Bertz CT molecular complexity index is 74.5. The second kappa shape index (κ2) is 4.09. The second-order valence-corrected chi connectivity index (χ2v) is 3.41. The Hall–Kier alpha value is 0.170. The smallest absolute Gasteiger partial charge is 0.0283 e. The van der Waals surface area contributed by atoms with Crippen LogP contribution >= 0.6 is 9.24 Å². The van der Waals surface area contributed by atoms with Gasteiger partial charge in [0.1, 0.15) is 0 Å². The zero-order chi connectivity index (χ0) is 6.57. The molecule has 0 radical (unpaired) electrons. The minimum Gasteiger partial charge on any atom is -0.111 e. The van der Waals surface area contributed by atoms with Gasteiger partial charge in [-0.25, -0.2) is 0 Å². The molecule has 0 saturated carbocycles. The maximum Gasteiger partial charge on any atom is -0.0283 e. The van der Waals surface area contributed by atoms with Crippen LogP contribution in [-0.2, 0) is 0 Å². The molecular weight excluding hydrogens is 115 g/mol. The van der Waals surface area contributed by atoms with Crippen LogP contribution in [0.25, 0.3) is 0 Å². The van der Waals surface area contributed by atoms with Crippen LogP contribution < -0.4 is 0 Å². The Morgan fingerprint density at radius 1 is 1.62 bits per heavy atom. The van der Waals surface area contributed by atoms with E-state index in [9.17, 15) is 0 Å². The van der Waals surface area contributed by atoms with Crippen LogP contribution in [0.2, 0.25) is 0 Å². The average molecular weight is 130 g/mol. The van der Waals surface area contributed by atoms with E-state index in [-0.39, 0.29) is 0 Å². The van der Waals surface area contributed by atoms with E-state index < -0.39 is 0 Å². The van der Waals surface area contributed by atoms with Gasteiger partial charge in [-0.1, -0.05) is 25.7 Å². The fraction of sp³-hybridized carbons (Fsp3) is 0.714. The van der Waals surface area contributed by atoms with Gasteiger partial charge in [-0.2, -0.15) is 0 Å². The summed E-state index contributed by atoms with van der Waals surface area (Å²) in [5.74, 6) is 0.812. The highest BCUT2D eigenvalue weighted by molar-refractivity contribution is 7.22. The van der Waals surface area contributed by atoms with Crippen molar-refractivity contribution in [2.24, 2.45) is 5.92 Å². The maximum atomic E-state index is 3.79. The molecule has 0 heterocycles. The molecule has 0 saturated heterocycles. The Kier molecular flexibility index (Phi) is 4.18. The summed E-state index contributed by atoms with van der Waals surface area (Å²) in [4.78, 5) is 0. The van der Waals surface area contributed by atoms with Gasteiger partial charge in [-0.15, -0.1) is 9.24 Å². The summed E-state index contributed by atoms with van der Waals surface area (Å²) < 4.78 is 0. The fourth-order valence-electron chi connectivity index (χ4n) is 0.474. The van der Waals surface area contributed by atoms with Gasteiger partial charge in [-0.3, -0.25) is 0 Å². The predicted molar refractivity (Wildman–Crippen MR) is 42.9 cm³/mol. The summed E-state index contributed by atoms with van der Waals surface area (Å²) in [6, 6.07) is 0. The number of allylic oxidation sites excluding steroid dienone is 1. The van der Waals surface area contributed by atoms with Gasteiger partial charge >= 0.3 is 0 Å². The largest absolute Gasteiger partial charge is 0.111 e. The minimum atomic E-state index is 0.812. The molecule has 0 fully saturated rings. The van der Waals surface area contributed by atoms with Gasteiger partial charge in [0.15, 0.2) is 0 Å². The molecule has 0 spiro atoms. The third kappa shape index (κ3) is 6.17. The highest BCUT2D eigenvalue weighted by Gasteiger charge is 1.91. The Labute approximate surface area is 54.6 Å². The monoisotopic (exact) mass is 130 g/mol. The molecule has 1 atom stereocenters. The molecule has 1 heteroatoms. The van der Waals surface area contributed by atoms with E-state index in [1.807, 2.05) is 0 Å². The molecule has 0 bridgehead atoms. The molecule has 0 amide bonds. The summed E-state index contributed by atoms with van der Waals surface area (Å²) in [6.07, 6.45) is 2.42. The molecular formula is C7H15P. The zero-order valence-corrected chi connectivity index (χ0v) is 6.93. The van der Waals surface area contributed by atoms with Crippen LogP contribution in [0.15, 0.2) is 11.9 Å². The SMILES string of the molecule is C=C(P)CCC(C)C. The van der Waals surface area contributed by atoms with E-state index in [0.29, 0.717) is 0 Å². The first-order valence-corrected chi connectivity index (χ1v) is 3.64. The predicted octanol–water partition coefficient (Wildman–Crippen LogP) is 2.81. The molecule has 1 unspecified atom stereocenters. The zero-order valence-electron chi connectivity index (χ0n) is 5.78. The van der Waals surface area contributed by atoms with E-state index in [2.05, 4.69) is 29.7 Å². The van der Waals surface area contributed by atoms with E-state index in [1.165, 1.54) is 11.7 Å². The van der Waals surface area contributed by atoms with Crippen molar-refractivity contribution in [1.29, 1.82) is 0 Å². The van der Waals surface area contributed by atoms with Crippen molar-refractivity contribution in [3.8, 4) is 0 Å². The van der Waals surface area contributed by atoms with Gasteiger partial charge < -0.3 is 0 Å². The lowest BCUT2D eigenvalue weighted by molar-refractivity contribution is 0.592. The van der Waals surface area contributed by atoms with Crippen LogP contribution in [0, 0.1) is 5.92 Å². The molecule has 48 valence electrons. The molecule has 0 aliphatic heterocycles. The minimum absolute atomic E-state index is 0.812. The van der Waals surface area contributed by atoms with Crippen molar-refractivity contribution in [3.63, 3.8) is 0 Å². The van der Waals surface area contributed by atoms with Crippen molar-refractivity contribution in [2.75, 3.05) is 0 Å². The second-order valence-electron chi connectivity index (χ2n) is 2.59. The molecule has 0 aromatic carbocycles. The fourth-order valence-corrected chi connectivity index (χ4v) is 0.641. The van der Waals surface area contributed by atoms with Gasteiger partial charge in [-0.05, 0) is 18.8 Å². The van der Waals surface area contributed by atoms with Crippen LogP contribution in [0.5, 0.6) is 0 Å². The summed E-state index contributed by atoms with van der Waals surface area (Å²) in [6.45, 7) is 8.25. The molecule has 0 N–H and O–H groups in total. The lowest BCUT2D eigenvalue weighted by atomic mass is 10.1. The Morgan fingerprint density at radius 3 is 2.25 bits per heavy atom. The molecule has 0 rings (SSSR count). The first kappa shape index (κ1) is 8.17. The lowest BCUT2D eigenvalue weighted by Gasteiger charge is -2.01. The van der Waals surface area contributed by atoms with Crippen molar-refractivity contribution < 1.29 is 0 Å². The normalized spacial score (nSPS) is 10.0. The first-order valence-electron chi connectivity index (χ1n) is 3.06. The van der Waals surface area contributed by atoms with Crippen molar-refractivity contribution in [2.45, 2.75) is 26.7 Å². The topological polar surface area (TPSA) is 0 Å². The summed E-state index contributed by atoms with van der Waals surface area (Å²) >= 11 is 0. The number of rotatable bonds is 3. The van der Waals surface area contributed by atoms with Crippen molar-refractivity contribution >= 4 is 9.24 Å². The van der Waals surface area contributed by atoms with Gasteiger partial charge in [0.2, 0.25) is 0 Å². The first-order chi connectivity index (χ1) is 3.63. The van der Waals surface area contributed by atoms with Crippen LogP contribution in [-0.4, -0.2) is 0 Å². The van der Waals surface area contributed by atoms with E-state index in [4.69, 9.17) is 0 Å². The van der Waals surface area contributed by atoms with Crippen LogP contribution in [0.4, 0.5) is 0 Å². The summed E-state index contributed by atoms with van der Waals surface area (Å²) in [5, 5.41) is 1.22. The van der Waals surface area contributed by atoms with Crippen LogP contribution in [0.3, 0.4) is 0 Å². The van der Waals surface area contributed by atoms with E-state index in [1.54, 1.807) is 0 Å². The third-order valence-electron chi connectivity index (χ3n) is 1.04. The maximum absolute atomic E-state index is 3.79. The molecule has 0 aromatic heterocycles. The molecule has 0 aliphatic rings. The van der Waals surface area contributed by atoms with Crippen LogP contribution in [0.1, 0.15) is 26.7 Å². The molecule has 0 nitrogen and oxygen atoms in total. The summed E-state index contributed by atoms with van der Waals surface area (Å²) in [7, 11) is 2.63. The van der Waals surface area contributed by atoms with E-state index in [0.717, 1.165) is 12.3 Å². The number of hydrogen-bond acceptors (Lipinski definition) is 0. The number of hydrogen-bond donors (Lipinski definition) is 0. The quantitative estimate of drug-likeness (QED) is 0.515. The van der Waals surface area contributed by atoms with Gasteiger partial charge in [0, 0.05) is 0 Å². The van der Waals surface area contributed by atoms with E-state index >= 15 is 0 Å². The Balaban J connectivity index is 3.05. The standard InChI is InChI=1S/C7H15P/c1-6(2)4-5-7(3)8/h6H,3-5,8H2,1-2H3. The van der Waals surface area contributed by atoms with Gasteiger partial charge in [0.05, 0.1) is 0 Å². The van der Waals surface area contributed by atoms with Crippen molar-refractivity contribution in [1.82, 2.24) is 0 Å². The molecule has 0 aromatic rings. The van der Waals surface area contributed by atoms with Crippen molar-refractivity contribution in [3.05, 3.63) is 11.9 Å². The lowest BCUT2D eigenvalue weighted by Crippen LogP contribution is -1.84. The summed E-state index contributed by atoms with van der Waals surface area (Å²) in [5.41, 5.74) is 0.